The fourth-order valence-corrected chi connectivity index (χ4v) is 2.53. The number of ether oxygens (including phenoxy) is 1. The summed E-state index contributed by atoms with van der Waals surface area (Å²) in [6, 6.07) is 3.63. The summed E-state index contributed by atoms with van der Waals surface area (Å²) in [5.41, 5.74) is 0.0226. The lowest BCUT2D eigenvalue weighted by Crippen LogP contribution is -2.39. The van der Waals surface area contributed by atoms with Crippen LogP contribution >= 0.6 is 15.9 Å². The lowest BCUT2D eigenvalue weighted by atomic mass is 10.2. The Morgan fingerprint density at radius 2 is 1.95 bits per heavy atom. The predicted molar refractivity (Wildman–Crippen MR) is 74.9 cm³/mol. The summed E-state index contributed by atoms with van der Waals surface area (Å²) < 4.78 is 43.3. The van der Waals surface area contributed by atoms with Gasteiger partial charge in [-0.05, 0) is 34.1 Å². The molecule has 1 aromatic rings. The first kappa shape index (κ1) is 15.6. The molecule has 112 valence electrons. The molecule has 1 aliphatic heterocycles. The van der Waals surface area contributed by atoms with Gasteiger partial charge in [-0.2, -0.15) is 13.2 Å². The summed E-state index contributed by atoms with van der Waals surface area (Å²) in [6.45, 7) is 4.81. The highest BCUT2D eigenvalue weighted by Gasteiger charge is 2.30. The average molecular weight is 353 g/mol. The molecule has 7 heteroatoms. The fraction of sp³-hybridized carbons (Fsp3) is 0.538. The highest BCUT2D eigenvalue weighted by atomic mass is 79.9. The van der Waals surface area contributed by atoms with E-state index in [1.54, 1.807) is 0 Å². The van der Waals surface area contributed by atoms with Gasteiger partial charge in [0, 0.05) is 36.3 Å². The van der Waals surface area contributed by atoms with Gasteiger partial charge in [0.05, 0.1) is 18.8 Å². The van der Waals surface area contributed by atoms with Crippen molar-refractivity contribution in [2.75, 3.05) is 44.7 Å². The Morgan fingerprint density at radius 3 is 2.55 bits per heavy atom. The van der Waals surface area contributed by atoms with E-state index in [1.807, 2.05) is 0 Å². The highest BCUT2D eigenvalue weighted by molar-refractivity contribution is 9.10. The quantitative estimate of drug-likeness (QED) is 0.900. The number of halogens is 4. The third kappa shape index (κ3) is 4.36. The van der Waals surface area contributed by atoms with Crippen LogP contribution < -0.4 is 5.32 Å². The molecule has 2 rings (SSSR count). The van der Waals surface area contributed by atoms with Gasteiger partial charge < -0.3 is 10.1 Å². The van der Waals surface area contributed by atoms with E-state index in [4.69, 9.17) is 4.74 Å². The molecule has 3 nitrogen and oxygen atoms in total. The molecule has 0 radical (unpaired) electrons. The van der Waals surface area contributed by atoms with E-state index in [1.165, 1.54) is 6.07 Å². The van der Waals surface area contributed by atoms with E-state index in [0.717, 1.165) is 45.0 Å². The monoisotopic (exact) mass is 352 g/mol. The third-order valence-corrected chi connectivity index (χ3v) is 3.80. The van der Waals surface area contributed by atoms with Crippen LogP contribution in [0.1, 0.15) is 5.56 Å². The van der Waals surface area contributed by atoms with Crippen LogP contribution in [-0.2, 0) is 10.9 Å². The van der Waals surface area contributed by atoms with Crippen molar-refractivity contribution in [1.82, 2.24) is 4.90 Å². The summed E-state index contributed by atoms with van der Waals surface area (Å²) in [7, 11) is 0. The van der Waals surface area contributed by atoms with E-state index in [-0.39, 0.29) is 0 Å². The SMILES string of the molecule is FC(F)(F)c1ccc(NCCN2CCOCC2)c(Br)c1. The molecule has 1 fully saturated rings. The van der Waals surface area contributed by atoms with E-state index < -0.39 is 11.7 Å². The molecular weight excluding hydrogens is 337 g/mol. The summed E-state index contributed by atoms with van der Waals surface area (Å²) in [4.78, 5) is 2.26. The number of hydrogen-bond donors (Lipinski definition) is 1. The van der Waals surface area contributed by atoms with Crippen LogP contribution in [0.3, 0.4) is 0 Å². The number of alkyl halides is 3. The van der Waals surface area contributed by atoms with Crippen LogP contribution in [0.25, 0.3) is 0 Å². The summed E-state index contributed by atoms with van der Waals surface area (Å²) >= 11 is 3.17. The zero-order chi connectivity index (χ0) is 14.6. The standard InChI is InChI=1S/C13H16BrF3N2O/c14-11-9-10(13(15,16)17)1-2-12(11)18-3-4-19-5-7-20-8-6-19/h1-2,9,18H,3-8H2. The summed E-state index contributed by atoms with van der Waals surface area (Å²) in [5.74, 6) is 0. The normalized spacial score (nSPS) is 17.2. The molecule has 1 saturated heterocycles. The Kier molecular flexibility index (Phi) is 5.29. The van der Waals surface area contributed by atoms with Crippen molar-refractivity contribution >= 4 is 21.6 Å². The van der Waals surface area contributed by atoms with Gasteiger partial charge in [-0.15, -0.1) is 0 Å². The maximum Gasteiger partial charge on any atom is 0.416 e. The molecule has 0 aliphatic carbocycles. The minimum absolute atomic E-state index is 0.425. The van der Waals surface area contributed by atoms with Crippen molar-refractivity contribution in [2.45, 2.75) is 6.18 Å². The molecular formula is C13H16BrF3N2O. The molecule has 0 aromatic heterocycles. The fourth-order valence-electron chi connectivity index (χ4n) is 2.01. The number of anilines is 1. The van der Waals surface area contributed by atoms with Crippen LogP contribution in [0.4, 0.5) is 18.9 Å². The van der Waals surface area contributed by atoms with Crippen molar-refractivity contribution in [1.29, 1.82) is 0 Å². The number of rotatable bonds is 4. The topological polar surface area (TPSA) is 24.5 Å². The number of nitrogens with one attached hydrogen (secondary N) is 1. The van der Waals surface area contributed by atoms with Crippen molar-refractivity contribution < 1.29 is 17.9 Å². The second kappa shape index (κ2) is 6.78. The predicted octanol–water partition coefficient (Wildman–Crippen LogP) is 3.21. The van der Waals surface area contributed by atoms with E-state index >= 15 is 0 Å². The van der Waals surface area contributed by atoms with Crippen LogP contribution in [0.5, 0.6) is 0 Å². The molecule has 1 N–H and O–H groups in total. The van der Waals surface area contributed by atoms with Gasteiger partial charge in [-0.3, -0.25) is 4.90 Å². The number of nitrogens with zero attached hydrogens (tertiary/aromatic N) is 1. The van der Waals surface area contributed by atoms with Gasteiger partial charge in [0.25, 0.3) is 0 Å². The van der Waals surface area contributed by atoms with Crippen molar-refractivity contribution in [2.24, 2.45) is 0 Å². The maximum absolute atomic E-state index is 12.5. The van der Waals surface area contributed by atoms with Gasteiger partial charge in [0.2, 0.25) is 0 Å². The molecule has 0 bridgehead atoms. The van der Waals surface area contributed by atoms with Crippen LogP contribution in [0.15, 0.2) is 22.7 Å². The summed E-state index contributed by atoms with van der Waals surface area (Å²) in [6.07, 6.45) is -4.31. The van der Waals surface area contributed by atoms with Crippen LogP contribution in [0.2, 0.25) is 0 Å². The Bertz CT molecular complexity index is 448. The van der Waals surface area contributed by atoms with Gasteiger partial charge in [-0.25, -0.2) is 0 Å². The highest BCUT2D eigenvalue weighted by Crippen LogP contribution is 2.33. The van der Waals surface area contributed by atoms with Gasteiger partial charge in [0.1, 0.15) is 0 Å². The molecule has 0 spiro atoms. The van der Waals surface area contributed by atoms with Crippen molar-refractivity contribution in [3.63, 3.8) is 0 Å². The smallest absolute Gasteiger partial charge is 0.383 e. The van der Waals surface area contributed by atoms with Crippen LogP contribution in [0, 0.1) is 0 Å². The van der Waals surface area contributed by atoms with Gasteiger partial charge in [-0.1, -0.05) is 0 Å². The Balaban J connectivity index is 1.86. The Labute approximate surface area is 124 Å². The van der Waals surface area contributed by atoms with E-state index in [0.29, 0.717) is 16.7 Å². The lowest BCUT2D eigenvalue weighted by Gasteiger charge is -2.26. The van der Waals surface area contributed by atoms with Gasteiger partial charge in [0.15, 0.2) is 0 Å². The first-order valence-corrected chi connectivity index (χ1v) is 7.17. The second-order valence-electron chi connectivity index (χ2n) is 4.57. The van der Waals surface area contributed by atoms with E-state index in [9.17, 15) is 13.2 Å². The Hall–Kier alpha value is -0.790. The summed E-state index contributed by atoms with van der Waals surface area (Å²) in [5, 5.41) is 3.14. The number of morpholine rings is 1. The molecule has 0 amide bonds. The minimum atomic E-state index is -4.31. The lowest BCUT2D eigenvalue weighted by molar-refractivity contribution is -0.137. The second-order valence-corrected chi connectivity index (χ2v) is 5.43. The molecule has 1 aromatic carbocycles. The van der Waals surface area contributed by atoms with Crippen LogP contribution in [-0.4, -0.2) is 44.3 Å². The van der Waals surface area contributed by atoms with Crippen molar-refractivity contribution in [3.8, 4) is 0 Å². The maximum atomic E-state index is 12.5. The third-order valence-electron chi connectivity index (χ3n) is 3.14. The zero-order valence-corrected chi connectivity index (χ0v) is 12.4. The van der Waals surface area contributed by atoms with E-state index in [2.05, 4.69) is 26.1 Å². The first-order chi connectivity index (χ1) is 9.47. The Morgan fingerprint density at radius 1 is 1.25 bits per heavy atom. The van der Waals surface area contributed by atoms with Gasteiger partial charge >= 0.3 is 6.18 Å². The molecule has 20 heavy (non-hydrogen) atoms. The minimum Gasteiger partial charge on any atom is -0.383 e. The molecule has 0 atom stereocenters. The zero-order valence-electron chi connectivity index (χ0n) is 10.8. The number of benzene rings is 1. The first-order valence-electron chi connectivity index (χ1n) is 6.37. The molecule has 1 heterocycles. The largest absolute Gasteiger partial charge is 0.416 e. The number of hydrogen-bond acceptors (Lipinski definition) is 3. The molecule has 0 unspecified atom stereocenters. The van der Waals surface area contributed by atoms with Crippen molar-refractivity contribution in [3.05, 3.63) is 28.2 Å². The average Bonchev–Trinajstić information content (AvgIpc) is 2.40. The molecule has 0 saturated carbocycles. The molecule has 1 aliphatic rings.